The van der Waals surface area contributed by atoms with Gasteiger partial charge in [0.05, 0.1) is 0 Å². The van der Waals surface area contributed by atoms with E-state index in [1.54, 1.807) is 5.38 Å². The third kappa shape index (κ3) is 4.02. The van der Waals surface area contributed by atoms with Crippen LogP contribution >= 0.6 is 11.3 Å². The van der Waals surface area contributed by atoms with E-state index >= 15 is 0 Å². The minimum atomic E-state index is -0.178. The van der Waals surface area contributed by atoms with Crippen LogP contribution < -0.4 is 10.6 Å². The molecule has 2 N–H and O–H groups in total. The summed E-state index contributed by atoms with van der Waals surface area (Å²) in [6.07, 6.45) is 4.49. The van der Waals surface area contributed by atoms with E-state index in [1.165, 1.54) is 31.1 Å². The van der Waals surface area contributed by atoms with Crippen LogP contribution in [0.25, 0.3) is 0 Å². The molecular formula is C13H19N3O2S. The molecule has 0 bridgehead atoms. The summed E-state index contributed by atoms with van der Waals surface area (Å²) in [4.78, 5) is 27.0. The molecule has 0 saturated heterocycles. The first-order chi connectivity index (χ1) is 9.04. The Labute approximate surface area is 116 Å². The van der Waals surface area contributed by atoms with Gasteiger partial charge in [0.2, 0.25) is 5.91 Å². The monoisotopic (exact) mass is 281 g/mol. The van der Waals surface area contributed by atoms with Crippen molar-refractivity contribution in [3.63, 3.8) is 0 Å². The van der Waals surface area contributed by atoms with Crippen molar-refractivity contribution < 1.29 is 9.59 Å². The van der Waals surface area contributed by atoms with E-state index in [9.17, 15) is 9.59 Å². The SMILES string of the molecule is CC(=O)Nc1nc(C(=O)N[C@@H]2CCC[C@H](C)C2)cs1. The Morgan fingerprint density at radius 2 is 2.21 bits per heavy atom. The molecule has 1 aromatic heterocycles. The first-order valence-electron chi connectivity index (χ1n) is 6.58. The van der Waals surface area contributed by atoms with Crippen LogP contribution in [0.4, 0.5) is 5.13 Å². The highest BCUT2D eigenvalue weighted by Gasteiger charge is 2.21. The fraction of sp³-hybridized carbons (Fsp3) is 0.615. The summed E-state index contributed by atoms with van der Waals surface area (Å²) in [5.74, 6) is 0.346. The molecule has 1 saturated carbocycles. The van der Waals surface area contributed by atoms with Crippen molar-refractivity contribution >= 4 is 28.3 Å². The molecule has 0 aromatic carbocycles. The molecule has 0 aliphatic heterocycles. The average molecular weight is 281 g/mol. The number of carbonyl (C=O) groups is 2. The maximum Gasteiger partial charge on any atom is 0.271 e. The van der Waals surface area contributed by atoms with Crippen LogP contribution in [-0.4, -0.2) is 22.8 Å². The summed E-state index contributed by atoms with van der Waals surface area (Å²) in [7, 11) is 0. The van der Waals surface area contributed by atoms with Crippen LogP contribution in [0.15, 0.2) is 5.38 Å². The van der Waals surface area contributed by atoms with Gasteiger partial charge in [-0.15, -0.1) is 11.3 Å². The van der Waals surface area contributed by atoms with E-state index in [4.69, 9.17) is 0 Å². The molecule has 6 heteroatoms. The second kappa shape index (κ2) is 6.14. The lowest BCUT2D eigenvalue weighted by Gasteiger charge is -2.27. The summed E-state index contributed by atoms with van der Waals surface area (Å²) >= 11 is 1.26. The Bertz CT molecular complexity index is 472. The summed E-state index contributed by atoms with van der Waals surface area (Å²) in [5, 5.41) is 7.74. The largest absolute Gasteiger partial charge is 0.348 e. The Balaban J connectivity index is 1.92. The molecule has 0 radical (unpaired) electrons. The fourth-order valence-electron chi connectivity index (χ4n) is 2.41. The highest BCUT2D eigenvalue weighted by atomic mass is 32.1. The number of thiazole rings is 1. The Morgan fingerprint density at radius 1 is 1.42 bits per heavy atom. The summed E-state index contributed by atoms with van der Waals surface area (Å²) < 4.78 is 0. The molecule has 1 aliphatic carbocycles. The minimum absolute atomic E-state index is 0.146. The standard InChI is InChI=1S/C13H19N3O2S/c1-8-4-3-5-10(6-8)15-12(18)11-7-19-13(16-11)14-9(2)17/h7-8,10H,3-6H2,1-2H3,(H,15,18)(H,14,16,17)/t8-,10+/m0/s1. The minimum Gasteiger partial charge on any atom is -0.348 e. The van der Waals surface area contributed by atoms with Crippen LogP contribution in [0.3, 0.4) is 0 Å². The van der Waals surface area contributed by atoms with Crippen molar-refractivity contribution in [3.05, 3.63) is 11.1 Å². The zero-order valence-corrected chi connectivity index (χ0v) is 12.0. The van der Waals surface area contributed by atoms with Gasteiger partial charge < -0.3 is 10.6 Å². The number of amides is 2. The van der Waals surface area contributed by atoms with Crippen molar-refractivity contribution in [3.8, 4) is 0 Å². The lowest BCUT2D eigenvalue weighted by atomic mass is 9.87. The molecule has 1 fully saturated rings. The molecule has 1 aromatic rings. The second-order valence-electron chi connectivity index (χ2n) is 5.16. The topological polar surface area (TPSA) is 71.1 Å². The maximum absolute atomic E-state index is 12.0. The molecule has 0 unspecified atom stereocenters. The third-order valence-electron chi connectivity index (χ3n) is 3.29. The second-order valence-corrected chi connectivity index (χ2v) is 6.02. The van der Waals surface area contributed by atoms with Crippen molar-refractivity contribution in [2.24, 2.45) is 5.92 Å². The highest BCUT2D eigenvalue weighted by molar-refractivity contribution is 7.14. The lowest BCUT2D eigenvalue weighted by molar-refractivity contribution is -0.114. The quantitative estimate of drug-likeness (QED) is 0.893. The van der Waals surface area contributed by atoms with E-state index in [0.29, 0.717) is 16.7 Å². The van der Waals surface area contributed by atoms with Gasteiger partial charge >= 0.3 is 0 Å². The van der Waals surface area contributed by atoms with Crippen molar-refractivity contribution in [1.82, 2.24) is 10.3 Å². The zero-order valence-electron chi connectivity index (χ0n) is 11.2. The third-order valence-corrected chi connectivity index (χ3v) is 4.05. The molecule has 2 amide bonds. The van der Waals surface area contributed by atoms with Gasteiger partial charge in [-0.1, -0.05) is 19.8 Å². The molecule has 1 heterocycles. The summed E-state index contributed by atoms with van der Waals surface area (Å²) in [6.45, 7) is 3.64. The Morgan fingerprint density at radius 3 is 2.89 bits per heavy atom. The first kappa shape index (κ1) is 14.0. The molecule has 2 rings (SSSR count). The highest BCUT2D eigenvalue weighted by Crippen LogP contribution is 2.24. The summed E-state index contributed by atoms with van der Waals surface area (Å²) in [6, 6.07) is 0.252. The van der Waals surface area contributed by atoms with Crippen molar-refractivity contribution in [2.45, 2.75) is 45.6 Å². The van der Waals surface area contributed by atoms with Crippen LogP contribution in [0.1, 0.15) is 50.0 Å². The van der Waals surface area contributed by atoms with Gasteiger partial charge in [0.25, 0.3) is 5.91 Å². The number of hydrogen-bond donors (Lipinski definition) is 2. The van der Waals surface area contributed by atoms with Crippen LogP contribution in [0.2, 0.25) is 0 Å². The maximum atomic E-state index is 12.0. The smallest absolute Gasteiger partial charge is 0.271 e. The van der Waals surface area contributed by atoms with Gasteiger partial charge in [-0.3, -0.25) is 9.59 Å². The molecule has 0 spiro atoms. The van der Waals surface area contributed by atoms with Crippen LogP contribution in [-0.2, 0) is 4.79 Å². The average Bonchev–Trinajstić information content (AvgIpc) is 2.76. The van der Waals surface area contributed by atoms with Gasteiger partial charge in [-0.05, 0) is 18.8 Å². The first-order valence-corrected chi connectivity index (χ1v) is 7.46. The number of rotatable bonds is 3. The van der Waals surface area contributed by atoms with Gasteiger partial charge in [0.1, 0.15) is 5.69 Å². The molecule has 2 atom stereocenters. The predicted molar refractivity (Wildman–Crippen MR) is 75.3 cm³/mol. The van der Waals surface area contributed by atoms with Gasteiger partial charge in [-0.25, -0.2) is 4.98 Å². The molecular weight excluding hydrogens is 262 g/mol. The van der Waals surface area contributed by atoms with Crippen molar-refractivity contribution in [2.75, 3.05) is 5.32 Å². The van der Waals surface area contributed by atoms with E-state index in [-0.39, 0.29) is 17.9 Å². The summed E-state index contributed by atoms with van der Waals surface area (Å²) in [5.41, 5.74) is 0.381. The number of aromatic nitrogens is 1. The van der Waals surface area contributed by atoms with E-state index in [0.717, 1.165) is 12.8 Å². The van der Waals surface area contributed by atoms with E-state index in [1.807, 2.05) is 0 Å². The number of nitrogens with zero attached hydrogens (tertiary/aromatic N) is 1. The normalized spacial score (nSPS) is 22.8. The van der Waals surface area contributed by atoms with Gasteiger partial charge in [-0.2, -0.15) is 0 Å². The van der Waals surface area contributed by atoms with Gasteiger partial charge in [0.15, 0.2) is 5.13 Å². The lowest BCUT2D eigenvalue weighted by Crippen LogP contribution is -2.38. The number of anilines is 1. The van der Waals surface area contributed by atoms with E-state index in [2.05, 4.69) is 22.5 Å². The van der Waals surface area contributed by atoms with Crippen molar-refractivity contribution in [1.29, 1.82) is 0 Å². The Hall–Kier alpha value is -1.43. The molecule has 19 heavy (non-hydrogen) atoms. The van der Waals surface area contributed by atoms with E-state index < -0.39 is 0 Å². The fourth-order valence-corrected chi connectivity index (χ4v) is 3.15. The predicted octanol–water partition coefficient (Wildman–Crippen LogP) is 2.41. The molecule has 1 aliphatic rings. The van der Waals surface area contributed by atoms with Crippen LogP contribution in [0, 0.1) is 5.92 Å². The number of nitrogens with one attached hydrogen (secondary N) is 2. The van der Waals surface area contributed by atoms with Gasteiger partial charge in [0, 0.05) is 18.3 Å². The zero-order chi connectivity index (χ0) is 13.8. The number of carbonyl (C=O) groups excluding carboxylic acids is 2. The van der Waals surface area contributed by atoms with Crippen LogP contribution in [0.5, 0.6) is 0 Å². The number of hydrogen-bond acceptors (Lipinski definition) is 4. The molecule has 5 nitrogen and oxygen atoms in total. The molecule has 104 valence electrons. The Kier molecular flexibility index (Phi) is 4.52.